The fourth-order valence-electron chi connectivity index (χ4n) is 3.86. The molecule has 2 aromatic rings. The van der Waals surface area contributed by atoms with Crippen molar-refractivity contribution in [3.05, 3.63) is 36.4 Å². The number of methoxy groups -OCH3 is 2. The number of benzene rings is 2. The first kappa shape index (κ1) is 25.6. The van der Waals surface area contributed by atoms with Crippen LogP contribution < -0.4 is 24.3 Å². The Labute approximate surface area is 201 Å². The normalized spacial score (nSPS) is 14.9. The average molecular weight is 493 g/mol. The molecule has 1 heterocycles. The molecule has 1 saturated heterocycles. The first-order chi connectivity index (χ1) is 16.3. The van der Waals surface area contributed by atoms with E-state index in [0.29, 0.717) is 54.7 Å². The van der Waals surface area contributed by atoms with Crippen molar-refractivity contribution in [3.8, 4) is 23.0 Å². The number of amides is 1. The molecule has 0 saturated carbocycles. The zero-order valence-electron chi connectivity index (χ0n) is 20.0. The fraction of sp³-hybridized carbons (Fsp3) is 0.458. The van der Waals surface area contributed by atoms with Gasteiger partial charge in [0.05, 0.1) is 32.3 Å². The highest BCUT2D eigenvalue weighted by Crippen LogP contribution is 2.33. The average Bonchev–Trinajstić information content (AvgIpc) is 2.85. The van der Waals surface area contributed by atoms with Gasteiger partial charge in [0.2, 0.25) is 15.9 Å². The van der Waals surface area contributed by atoms with Gasteiger partial charge in [-0.3, -0.25) is 4.79 Å². The lowest BCUT2D eigenvalue weighted by atomic mass is 9.97. The number of carbonyl (C=O) groups excluding carboxylic acids is 1. The Morgan fingerprint density at radius 2 is 1.53 bits per heavy atom. The standard InChI is InChI=1S/C24H32N2O7S/c1-5-32-21-9-7-18(15-23(21)33-6-2)25-24(27)17-11-13-26(14-12-17)34(28,29)19-8-10-20(30-3)22(16-19)31-4/h7-10,15-17H,5-6,11-14H2,1-4H3,(H,25,27). The quantitative estimate of drug-likeness (QED) is 0.541. The van der Waals surface area contributed by atoms with E-state index in [1.807, 2.05) is 13.8 Å². The molecule has 186 valence electrons. The van der Waals surface area contributed by atoms with Crippen LogP contribution in [-0.4, -0.2) is 59.2 Å². The second-order valence-corrected chi connectivity index (χ2v) is 9.65. The number of nitrogens with one attached hydrogen (secondary N) is 1. The summed E-state index contributed by atoms with van der Waals surface area (Å²) >= 11 is 0. The Hall–Kier alpha value is -2.98. The molecule has 0 aromatic heterocycles. The van der Waals surface area contributed by atoms with Crippen LogP contribution in [0.3, 0.4) is 0 Å². The summed E-state index contributed by atoms with van der Waals surface area (Å²) in [5.74, 6) is 1.56. The number of nitrogens with zero attached hydrogens (tertiary/aromatic N) is 1. The van der Waals surface area contributed by atoms with Gasteiger partial charge in [0.25, 0.3) is 0 Å². The van der Waals surface area contributed by atoms with E-state index < -0.39 is 10.0 Å². The summed E-state index contributed by atoms with van der Waals surface area (Å²) in [7, 11) is -0.763. The second kappa shape index (κ2) is 11.4. The number of hydrogen-bond donors (Lipinski definition) is 1. The lowest BCUT2D eigenvalue weighted by Crippen LogP contribution is -2.41. The van der Waals surface area contributed by atoms with E-state index in [1.165, 1.54) is 30.7 Å². The number of rotatable bonds is 10. The van der Waals surface area contributed by atoms with Gasteiger partial charge in [-0.05, 0) is 51.0 Å². The Kier molecular flexibility index (Phi) is 8.62. The molecule has 1 aliphatic rings. The van der Waals surface area contributed by atoms with E-state index >= 15 is 0 Å². The first-order valence-electron chi connectivity index (χ1n) is 11.3. The zero-order valence-corrected chi connectivity index (χ0v) is 20.8. The molecule has 1 amide bonds. The highest BCUT2D eigenvalue weighted by Gasteiger charge is 2.32. The Bertz CT molecular complexity index is 1100. The predicted octanol–water partition coefficient (Wildman–Crippen LogP) is 3.54. The molecule has 0 bridgehead atoms. The monoisotopic (exact) mass is 492 g/mol. The molecular formula is C24H32N2O7S. The van der Waals surface area contributed by atoms with Crippen LogP contribution in [0.25, 0.3) is 0 Å². The maximum Gasteiger partial charge on any atom is 0.243 e. The largest absolute Gasteiger partial charge is 0.493 e. The van der Waals surface area contributed by atoms with Crippen LogP contribution in [-0.2, 0) is 14.8 Å². The van der Waals surface area contributed by atoms with Gasteiger partial charge in [-0.15, -0.1) is 0 Å². The minimum absolute atomic E-state index is 0.130. The third-order valence-corrected chi connectivity index (χ3v) is 7.52. The summed E-state index contributed by atoms with van der Waals surface area (Å²) in [5, 5.41) is 2.92. The zero-order chi connectivity index (χ0) is 24.7. The van der Waals surface area contributed by atoms with E-state index in [-0.39, 0.29) is 29.8 Å². The number of ether oxygens (including phenoxy) is 4. The third kappa shape index (κ3) is 5.74. The van der Waals surface area contributed by atoms with Gasteiger partial charge in [0.15, 0.2) is 23.0 Å². The molecular weight excluding hydrogens is 460 g/mol. The molecule has 9 nitrogen and oxygen atoms in total. The van der Waals surface area contributed by atoms with Crippen LogP contribution in [0.4, 0.5) is 5.69 Å². The summed E-state index contributed by atoms with van der Waals surface area (Å²) in [6.07, 6.45) is 0.849. The molecule has 34 heavy (non-hydrogen) atoms. The molecule has 1 fully saturated rings. The Morgan fingerprint density at radius 1 is 0.912 bits per heavy atom. The van der Waals surface area contributed by atoms with Crippen molar-refractivity contribution >= 4 is 21.6 Å². The highest BCUT2D eigenvalue weighted by molar-refractivity contribution is 7.89. The fourth-order valence-corrected chi connectivity index (χ4v) is 5.34. The molecule has 0 radical (unpaired) electrons. The number of piperidine rings is 1. The van der Waals surface area contributed by atoms with Gasteiger partial charge in [-0.1, -0.05) is 0 Å². The van der Waals surface area contributed by atoms with Gasteiger partial charge >= 0.3 is 0 Å². The predicted molar refractivity (Wildman–Crippen MR) is 128 cm³/mol. The smallest absolute Gasteiger partial charge is 0.243 e. The third-order valence-electron chi connectivity index (χ3n) is 5.63. The number of hydrogen-bond acceptors (Lipinski definition) is 7. The summed E-state index contributed by atoms with van der Waals surface area (Å²) in [6.45, 7) is 5.26. The van der Waals surface area contributed by atoms with E-state index in [9.17, 15) is 13.2 Å². The van der Waals surface area contributed by atoms with Crippen LogP contribution >= 0.6 is 0 Å². The summed E-state index contributed by atoms with van der Waals surface area (Å²) < 4.78 is 49.2. The summed E-state index contributed by atoms with van der Waals surface area (Å²) in [6, 6.07) is 9.79. The SMILES string of the molecule is CCOc1ccc(NC(=O)C2CCN(S(=O)(=O)c3ccc(OC)c(OC)c3)CC2)cc1OCC. The molecule has 2 aromatic carbocycles. The number of sulfonamides is 1. The van der Waals surface area contributed by atoms with Crippen LogP contribution in [0.5, 0.6) is 23.0 Å². The van der Waals surface area contributed by atoms with Crippen LogP contribution in [0, 0.1) is 5.92 Å². The maximum atomic E-state index is 13.1. The van der Waals surface area contributed by atoms with E-state index in [1.54, 1.807) is 24.3 Å². The Morgan fingerprint density at radius 3 is 2.15 bits per heavy atom. The van der Waals surface area contributed by atoms with Crippen molar-refractivity contribution in [1.82, 2.24) is 4.31 Å². The molecule has 1 N–H and O–H groups in total. The minimum Gasteiger partial charge on any atom is -0.493 e. The molecule has 0 spiro atoms. The molecule has 3 rings (SSSR count). The number of carbonyl (C=O) groups is 1. The Balaban J connectivity index is 1.64. The molecule has 1 aliphatic heterocycles. The van der Waals surface area contributed by atoms with Gasteiger partial charge in [-0.25, -0.2) is 8.42 Å². The van der Waals surface area contributed by atoms with Crippen LogP contribution in [0.1, 0.15) is 26.7 Å². The lowest BCUT2D eigenvalue weighted by Gasteiger charge is -2.30. The first-order valence-corrected chi connectivity index (χ1v) is 12.7. The van der Waals surface area contributed by atoms with Gasteiger partial charge in [0.1, 0.15) is 0 Å². The minimum atomic E-state index is -3.71. The van der Waals surface area contributed by atoms with Crippen molar-refractivity contribution in [2.24, 2.45) is 5.92 Å². The van der Waals surface area contributed by atoms with Crippen molar-refractivity contribution in [3.63, 3.8) is 0 Å². The van der Waals surface area contributed by atoms with Crippen molar-refractivity contribution in [2.45, 2.75) is 31.6 Å². The molecule has 0 aliphatic carbocycles. The van der Waals surface area contributed by atoms with E-state index in [4.69, 9.17) is 18.9 Å². The second-order valence-electron chi connectivity index (χ2n) is 7.71. The van der Waals surface area contributed by atoms with E-state index in [2.05, 4.69) is 5.32 Å². The highest BCUT2D eigenvalue weighted by atomic mass is 32.2. The van der Waals surface area contributed by atoms with Crippen molar-refractivity contribution in [1.29, 1.82) is 0 Å². The molecule has 10 heteroatoms. The molecule has 0 unspecified atom stereocenters. The summed E-state index contributed by atoms with van der Waals surface area (Å²) in [4.78, 5) is 13.0. The van der Waals surface area contributed by atoms with Crippen molar-refractivity contribution < 1.29 is 32.2 Å². The van der Waals surface area contributed by atoms with Gasteiger partial charge in [-0.2, -0.15) is 4.31 Å². The topological polar surface area (TPSA) is 103 Å². The lowest BCUT2D eigenvalue weighted by molar-refractivity contribution is -0.120. The summed E-state index contributed by atoms with van der Waals surface area (Å²) in [5.41, 5.74) is 0.609. The van der Waals surface area contributed by atoms with Gasteiger partial charge < -0.3 is 24.3 Å². The van der Waals surface area contributed by atoms with Gasteiger partial charge in [0, 0.05) is 36.8 Å². The van der Waals surface area contributed by atoms with Crippen LogP contribution in [0.15, 0.2) is 41.3 Å². The van der Waals surface area contributed by atoms with Crippen molar-refractivity contribution in [2.75, 3.05) is 45.8 Å². The van der Waals surface area contributed by atoms with E-state index in [0.717, 1.165) is 0 Å². The van der Waals surface area contributed by atoms with Crippen LogP contribution in [0.2, 0.25) is 0 Å². The maximum absolute atomic E-state index is 13.1. The number of anilines is 1. The molecule has 0 atom stereocenters.